The summed E-state index contributed by atoms with van der Waals surface area (Å²) in [6.45, 7) is 0. The van der Waals surface area contributed by atoms with Gasteiger partial charge in [0.05, 0.1) is 7.14 Å². The molecule has 2 fully saturated rings. The highest BCUT2D eigenvalue weighted by molar-refractivity contribution is 7.64. The average molecular weight is 171 g/mol. The van der Waals surface area contributed by atoms with Crippen molar-refractivity contribution in [2.75, 3.05) is 18.5 Å². The van der Waals surface area contributed by atoms with E-state index in [1.807, 2.05) is 0 Å². The zero-order chi connectivity index (χ0) is 7.73. The molecule has 0 aromatic rings. The van der Waals surface area contributed by atoms with Gasteiger partial charge in [-0.25, -0.2) is 0 Å². The van der Waals surface area contributed by atoms with E-state index in [2.05, 4.69) is 6.42 Å². The van der Waals surface area contributed by atoms with Crippen molar-refractivity contribution in [2.45, 2.75) is 25.7 Å². The van der Waals surface area contributed by atoms with Gasteiger partial charge in [0, 0.05) is 18.5 Å². The molecule has 0 atom stereocenters. The van der Waals surface area contributed by atoms with Gasteiger partial charge in [-0.15, -0.1) is 0 Å². The van der Waals surface area contributed by atoms with Crippen molar-refractivity contribution in [3.63, 3.8) is 0 Å². The van der Waals surface area contributed by atoms with Crippen molar-refractivity contribution >= 4 is 7.14 Å². The number of hydrogen-bond donors (Lipinski definition) is 0. The van der Waals surface area contributed by atoms with Crippen LogP contribution in [0.25, 0.3) is 0 Å². The Kier molecular flexibility index (Phi) is 2.10. The maximum atomic E-state index is 12.1. The van der Waals surface area contributed by atoms with Crippen LogP contribution in [-0.2, 0) is 4.57 Å². The van der Waals surface area contributed by atoms with Crippen LogP contribution in [0.5, 0.6) is 0 Å². The van der Waals surface area contributed by atoms with Gasteiger partial charge in [0.1, 0.15) is 0 Å². The minimum Gasteiger partial charge on any atom is -0.324 e. The largest absolute Gasteiger partial charge is 0.324 e. The monoisotopic (exact) mass is 171 g/mol. The lowest BCUT2D eigenvalue weighted by Crippen LogP contribution is -2.07. The molecule has 0 bridgehead atoms. The van der Waals surface area contributed by atoms with Gasteiger partial charge >= 0.3 is 0 Å². The van der Waals surface area contributed by atoms with E-state index in [0.717, 1.165) is 37.2 Å². The van der Waals surface area contributed by atoms with Gasteiger partial charge in [-0.1, -0.05) is 0 Å². The first-order valence-electron chi connectivity index (χ1n) is 4.67. The zero-order valence-corrected chi connectivity index (χ0v) is 7.85. The second-order valence-corrected chi connectivity index (χ2v) is 7.37. The summed E-state index contributed by atoms with van der Waals surface area (Å²) < 4.78 is 12.1. The van der Waals surface area contributed by atoms with E-state index in [9.17, 15) is 4.57 Å². The Bertz CT molecular complexity index is 174. The molecule has 1 saturated heterocycles. The fraction of sp³-hybridized carbons (Fsp3) is 0.889. The lowest BCUT2D eigenvalue weighted by molar-refractivity contribution is 0.566. The number of hydrogen-bond acceptors (Lipinski definition) is 1. The SMILES string of the molecule is O=P1(CC2CC2)CC[CH]CC1. The Morgan fingerprint density at radius 2 is 1.91 bits per heavy atom. The van der Waals surface area contributed by atoms with Gasteiger partial charge in [0.15, 0.2) is 0 Å². The highest BCUT2D eigenvalue weighted by Gasteiger charge is 2.33. The molecule has 63 valence electrons. The first-order valence-corrected chi connectivity index (χ1v) is 6.94. The van der Waals surface area contributed by atoms with Crippen LogP contribution in [0.3, 0.4) is 0 Å². The summed E-state index contributed by atoms with van der Waals surface area (Å²) in [5, 5.41) is 0. The van der Waals surface area contributed by atoms with Crippen molar-refractivity contribution in [1.29, 1.82) is 0 Å². The molecule has 1 aliphatic heterocycles. The van der Waals surface area contributed by atoms with Gasteiger partial charge in [-0.2, -0.15) is 0 Å². The first-order chi connectivity index (χ1) is 5.29. The van der Waals surface area contributed by atoms with Gasteiger partial charge in [0.25, 0.3) is 0 Å². The van der Waals surface area contributed by atoms with Crippen LogP contribution in [-0.4, -0.2) is 18.5 Å². The summed E-state index contributed by atoms with van der Waals surface area (Å²) in [6, 6.07) is 0. The topological polar surface area (TPSA) is 17.1 Å². The van der Waals surface area contributed by atoms with Crippen molar-refractivity contribution in [3.8, 4) is 0 Å². The van der Waals surface area contributed by atoms with Gasteiger partial charge in [0.2, 0.25) is 0 Å². The summed E-state index contributed by atoms with van der Waals surface area (Å²) in [5.74, 6) is 0.860. The Hall–Kier alpha value is 0.230. The van der Waals surface area contributed by atoms with Crippen molar-refractivity contribution in [3.05, 3.63) is 6.42 Å². The first kappa shape index (κ1) is 7.86. The molecule has 2 aliphatic rings. The van der Waals surface area contributed by atoms with Crippen molar-refractivity contribution < 1.29 is 4.57 Å². The Labute approximate surface area is 68.9 Å². The van der Waals surface area contributed by atoms with Crippen molar-refractivity contribution in [2.24, 2.45) is 5.92 Å². The molecule has 0 aromatic carbocycles. The van der Waals surface area contributed by atoms with Crippen LogP contribution < -0.4 is 0 Å². The van der Waals surface area contributed by atoms with Crippen LogP contribution in [0.2, 0.25) is 0 Å². The summed E-state index contributed by atoms with van der Waals surface area (Å²) in [4.78, 5) is 0. The summed E-state index contributed by atoms with van der Waals surface area (Å²) in [7, 11) is -1.64. The maximum Gasteiger partial charge on any atom is 0.0880 e. The molecule has 0 amide bonds. The molecule has 2 heteroatoms. The molecule has 1 heterocycles. The molecular weight excluding hydrogens is 155 g/mol. The fourth-order valence-corrected chi connectivity index (χ4v) is 5.06. The standard InChI is InChI=1S/C9H16OP/c10-11(8-9-4-5-9)6-2-1-3-7-11/h1,9H,2-8H2. The lowest BCUT2D eigenvalue weighted by atomic mass is 10.3. The average Bonchev–Trinajstić information content (AvgIpc) is 2.72. The molecule has 2 rings (SSSR count). The summed E-state index contributed by atoms with van der Waals surface area (Å²) >= 11 is 0. The molecule has 1 radical (unpaired) electrons. The molecule has 0 N–H and O–H groups in total. The quantitative estimate of drug-likeness (QED) is 0.584. The molecule has 1 aliphatic carbocycles. The Balaban J connectivity index is 1.89. The molecule has 1 nitrogen and oxygen atoms in total. The second kappa shape index (κ2) is 2.94. The molecule has 1 saturated carbocycles. The lowest BCUT2D eigenvalue weighted by Gasteiger charge is -2.22. The third-order valence-electron chi connectivity index (χ3n) is 2.77. The Morgan fingerprint density at radius 1 is 1.27 bits per heavy atom. The summed E-state index contributed by atoms with van der Waals surface area (Å²) in [5.41, 5.74) is 0. The van der Waals surface area contributed by atoms with E-state index >= 15 is 0 Å². The second-order valence-electron chi connectivity index (χ2n) is 4.00. The molecule has 0 unspecified atom stereocenters. The van der Waals surface area contributed by atoms with Gasteiger partial charge in [-0.3, -0.25) is 0 Å². The van der Waals surface area contributed by atoms with Gasteiger partial charge in [-0.05, 0) is 38.0 Å². The fourth-order valence-electron chi connectivity index (χ4n) is 1.86. The molecule has 11 heavy (non-hydrogen) atoms. The Morgan fingerprint density at radius 3 is 2.45 bits per heavy atom. The van der Waals surface area contributed by atoms with E-state index in [4.69, 9.17) is 0 Å². The number of rotatable bonds is 2. The smallest absolute Gasteiger partial charge is 0.0880 e. The zero-order valence-electron chi connectivity index (χ0n) is 6.96. The third kappa shape index (κ3) is 2.08. The van der Waals surface area contributed by atoms with Crippen molar-refractivity contribution in [1.82, 2.24) is 0 Å². The minimum atomic E-state index is -1.64. The third-order valence-corrected chi connectivity index (χ3v) is 6.10. The van der Waals surface area contributed by atoms with Crippen LogP contribution in [0.4, 0.5) is 0 Å². The highest BCUT2D eigenvalue weighted by Crippen LogP contribution is 2.55. The molecule has 0 spiro atoms. The normalized spacial score (nSPS) is 30.2. The van der Waals surface area contributed by atoms with E-state index in [0.29, 0.717) is 0 Å². The highest BCUT2D eigenvalue weighted by atomic mass is 31.2. The maximum absolute atomic E-state index is 12.1. The predicted molar refractivity (Wildman–Crippen MR) is 48.5 cm³/mol. The summed E-state index contributed by atoms with van der Waals surface area (Å²) in [6.07, 6.45) is 10.4. The van der Waals surface area contributed by atoms with Gasteiger partial charge < -0.3 is 4.57 Å². The van der Waals surface area contributed by atoms with Crippen LogP contribution in [0.15, 0.2) is 0 Å². The van der Waals surface area contributed by atoms with E-state index in [-0.39, 0.29) is 0 Å². The minimum absolute atomic E-state index is 0.860. The van der Waals surface area contributed by atoms with Crippen LogP contribution in [0.1, 0.15) is 25.7 Å². The van der Waals surface area contributed by atoms with E-state index in [1.165, 1.54) is 12.8 Å². The predicted octanol–water partition coefficient (Wildman–Crippen LogP) is 2.76. The van der Waals surface area contributed by atoms with Crippen LogP contribution >= 0.6 is 7.14 Å². The van der Waals surface area contributed by atoms with E-state index in [1.54, 1.807) is 0 Å². The van der Waals surface area contributed by atoms with E-state index < -0.39 is 7.14 Å². The molecule has 0 aromatic heterocycles. The van der Waals surface area contributed by atoms with Crippen LogP contribution in [0, 0.1) is 12.3 Å². The molecular formula is C9H16OP.